The second kappa shape index (κ2) is 10.4. The molecule has 35 heavy (non-hydrogen) atoms. The van der Waals surface area contributed by atoms with Gasteiger partial charge in [0.1, 0.15) is 18.2 Å². The maximum Gasteiger partial charge on any atom is 0.410 e. The standard InChI is InChI=1S/C27H33N3O5/c1-27(2,3)35-25(32)29-15-14-28-24(31)23-13-8-16-30(23)26(33)34-17-22-20-11-6-4-9-18(20)19-10-5-7-12-21(19)22/h4-7,9-12,22-23H,8,13-17H2,1-3H3,(H,28,31)(H,29,32)/t23-/m0/s1. The van der Waals surface area contributed by atoms with Gasteiger partial charge < -0.3 is 20.1 Å². The number of carbonyl (C=O) groups excluding carboxylic acids is 3. The summed E-state index contributed by atoms with van der Waals surface area (Å²) in [5.41, 5.74) is 4.05. The van der Waals surface area contributed by atoms with Crippen molar-refractivity contribution in [2.45, 2.75) is 51.2 Å². The fourth-order valence-electron chi connectivity index (χ4n) is 4.72. The zero-order chi connectivity index (χ0) is 25.0. The lowest BCUT2D eigenvalue weighted by Gasteiger charge is -2.24. The van der Waals surface area contributed by atoms with Crippen molar-refractivity contribution in [3.05, 3.63) is 59.7 Å². The van der Waals surface area contributed by atoms with Gasteiger partial charge in [-0.25, -0.2) is 9.59 Å². The van der Waals surface area contributed by atoms with Gasteiger partial charge in [0.2, 0.25) is 5.91 Å². The van der Waals surface area contributed by atoms with E-state index in [9.17, 15) is 14.4 Å². The minimum atomic E-state index is -0.583. The van der Waals surface area contributed by atoms with Gasteiger partial charge in [0.05, 0.1) is 0 Å². The molecule has 1 aliphatic carbocycles. The fourth-order valence-corrected chi connectivity index (χ4v) is 4.72. The van der Waals surface area contributed by atoms with Crippen LogP contribution in [0.25, 0.3) is 11.1 Å². The molecule has 1 aliphatic heterocycles. The number of hydrogen-bond acceptors (Lipinski definition) is 5. The molecule has 1 atom stereocenters. The molecule has 2 N–H and O–H groups in total. The van der Waals surface area contributed by atoms with Gasteiger partial charge in [0.15, 0.2) is 0 Å². The number of fused-ring (bicyclic) bond motifs is 3. The Morgan fingerprint density at radius 1 is 0.943 bits per heavy atom. The van der Waals surface area contributed by atoms with E-state index in [2.05, 4.69) is 34.9 Å². The van der Waals surface area contributed by atoms with Crippen LogP contribution in [0.4, 0.5) is 9.59 Å². The summed E-state index contributed by atoms with van der Waals surface area (Å²) in [6, 6.07) is 15.8. The smallest absolute Gasteiger partial charge is 0.410 e. The van der Waals surface area contributed by atoms with E-state index in [0.717, 1.165) is 17.5 Å². The van der Waals surface area contributed by atoms with Gasteiger partial charge in [-0.1, -0.05) is 48.5 Å². The van der Waals surface area contributed by atoms with Crippen molar-refractivity contribution in [3.8, 4) is 11.1 Å². The van der Waals surface area contributed by atoms with Crippen molar-refractivity contribution >= 4 is 18.1 Å². The molecule has 0 saturated carbocycles. The minimum absolute atomic E-state index is 0.0276. The maximum absolute atomic E-state index is 12.9. The van der Waals surface area contributed by atoms with Crippen LogP contribution in [-0.4, -0.2) is 60.9 Å². The summed E-state index contributed by atoms with van der Waals surface area (Å²) in [6.45, 7) is 6.53. The summed E-state index contributed by atoms with van der Waals surface area (Å²) < 4.78 is 10.9. The van der Waals surface area contributed by atoms with Crippen LogP contribution < -0.4 is 10.6 Å². The number of likely N-dealkylation sites (tertiary alicyclic amines) is 1. The third kappa shape index (κ3) is 5.75. The zero-order valence-corrected chi connectivity index (χ0v) is 20.5. The first-order valence-electron chi connectivity index (χ1n) is 12.1. The van der Waals surface area contributed by atoms with Crippen molar-refractivity contribution in [1.29, 1.82) is 0 Å². The Kier molecular flexibility index (Phi) is 7.28. The maximum atomic E-state index is 12.9. The Bertz CT molecular complexity index is 1050. The molecule has 0 radical (unpaired) electrons. The number of carbonyl (C=O) groups is 3. The first-order valence-corrected chi connectivity index (χ1v) is 12.1. The van der Waals surface area contributed by atoms with Crippen molar-refractivity contribution in [2.24, 2.45) is 0 Å². The molecular formula is C27H33N3O5. The van der Waals surface area contributed by atoms with Crippen LogP contribution in [-0.2, 0) is 14.3 Å². The predicted molar refractivity (Wildman–Crippen MR) is 132 cm³/mol. The van der Waals surface area contributed by atoms with Crippen molar-refractivity contribution in [2.75, 3.05) is 26.2 Å². The third-order valence-electron chi connectivity index (χ3n) is 6.22. The van der Waals surface area contributed by atoms with Crippen molar-refractivity contribution in [1.82, 2.24) is 15.5 Å². The molecule has 0 spiro atoms. The Morgan fingerprint density at radius 2 is 1.54 bits per heavy atom. The lowest BCUT2D eigenvalue weighted by molar-refractivity contribution is -0.125. The average molecular weight is 480 g/mol. The molecule has 0 aromatic heterocycles. The van der Waals surface area contributed by atoms with E-state index in [1.807, 2.05) is 24.3 Å². The van der Waals surface area contributed by atoms with Gasteiger partial charge in [0, 0.05) is 25.6 Å². The van der Waals surface area contributed by atoms with Crippen LogP contribution in [0.15, 0.2) is 48.5 Å². The number of hydrogen-bond donors (Lipinski definition) is 2. The van der Waals surface area contributed by atoms with Gasteiger partial charge in [-0.3, -0.25) is 9.69 Å². The molecule has 1 heterocycles. The predicted octanol–water partition coefficient (Wildman–Crippen LogP) is 4.04. The Labute approximate surface area is 206 Å². The van der Waals surface area contributed by atoms with Crippen molar-refractivity contribution in [3.63, 3.8) is 0 Å². The Hall–Kier alpha value is -3.55. The van der Waals surface area contributed by atoms with Gasteiger partial charge in [-0.2, -0.15) is 0 Å². The summed E-state index contributed by atoms with van der Waals surface area (Å²) in [4.78, 5) is 38.9. The first-order chi connectivity index (χ1) is 16.7. The second-order valence-electron chi connectivity index (χ2n) is 9.88. The highest BCUT2D eigenvalue weighted by atomic mass is 16.6. The number of alkyl carbamates (subject to hydrolysis) is 1. The molecule has 2 aromatic rings. The third-order valence-corrected chi connectivity index (χ3v) is 6.22. The molecule has 1 saturated heterocycles. The van der Waals surface area contributed by atoms with Gasteiger partial charge >= 0.3 is 12.2 Å². The van der Waals surface area contributed by atoms with Crippen LogP contribution in [0.5, 0.6) is 0 Å². The first kappa shape index (κ1) is 24.6. The van der Waals surface area contributed by atoms with Crippen LogP contribution in [0, 0.1) is 0 Å². The van der Waals surface area contributed by atoms with E-state index in [0.29, 0.717) is 13.0 Å². The van der Waals surface area contributed by atoms with E-state index >= 15 is 0 Å². The number of amides is 3. The Morgan fingerprint density at radius 3 is 2.17 bits per heavy atom. The number of nitrogens with one attached hydrogen (secondary N) is 2. The highest BCUT2D eigenvalue weighted by Crippen LogP contribution is 2.44. The SMILES string of the molecule is CC(C)(C)OC(=O)NCCNC(=O)[C@@H]1CCCN1C(=O)OCC1c2ccccc2-c2ccccc21. The monoisotopic (exact) mass is 479 g/mol. The molecule has 8 heteroatoms. The van der Waals surface area contributed by atoms with E-state index in [1.54, 1.807) is 20.8 Å². The molecule has 2 aliphatic rings. The second-order valence-corrected chi connectivity index (χ2v) is 9.88. The summed E-state index contributed by atoms with van der Waals surface area (Å²) >= 11 is 0. The lowest BCUT2D eigenvalue weighted by atomic mass is 9.98. The zero-order valence-electron chi connectivity index (χ0n) is 20.5. The van der Waals surface area contributed by atoms with Crippen molar-refractivity contribution < 1.29 is 23.9 Å². The van der Waals surface area contributed by atoms with E-state index < -0.39 is 23.8 Å². The van der Waals surface area contributed by atoms with Gasteiger partial charge in [-0.15, -0.1) is 0 Å². The molecule has 186 valence electrons. The molecule has 4 rings (SSSR count). The van der Waals surface area contributed by atoms with Gasteiger partial charge in [-0.05, 0) is 55.9 Å². The van der Waals surface area contributed by atoms with Gasteiger partial charge in [0.25, 0.3) is 0 Å². The molecule has 2 aromatic carbocycles. The Balaban J connectivity index is 1.29. The normalized spacial score (nSPS) is 16.9. The molecule has 0 unspecified atom stereocenters. The largest absolute Gasteiger partial charge is 0.448 e. The van der Waals surface area contributed by atoms with E-state index in [-0.39, 0.29) is 31.5 Å². The quantitative estimate of drug-likeness (QED) is 0.610. The van der Waals surface area contributed by atoms with Crippen LogP contribution in [0.2, 0.25) is 0 Å². The molecule has 8 nitrogen and oxygen atoms in total. The minimum Gasteiger partial charge on any atom is -0.448 e. The molecule has 0 bridgehead atoms. The number of nitrogens with zero attached hydrogens (tertiary/aromatic N) is 1. The molecule has 1 fully saturated rings. The summed E-state index contributed by atoms with van der Waals surface area (Å²) in [5, 5.41) is 5.40. The lowest BCUT2D eigenvalue weighted by Crippen LogP contribution is -2.48. The molecular weight excluding hydrogens is 446 g/mol. The number of rotatable bonds is 6. The average Bonchev–Trinajstić information content (AvgIpc) is 3.43. The number of ether oxygens (including phenoxy) is 2. The van der Waals surface area contributed by atoms with E-state index in [4.69, 9.17) is 9.47 Å². The van der Waals surface area contributed by atoms with Crippen LogP contribution >= 0.6 is 0 Å². The topological polar surface area (TPSA) is 97.0 Å². The van der Waals surface area contributed by atoms with E-state index in [1.165, 1.54) is 16.0 Å². The van der Waals surface area contributed by atoms with Crippen LogP contribution in [0.3, 0.4) is 0 Å². The van der Waals surface area contributed by atoms with Crippen LogP contribution in [0.1, 0.15) is 50.7 Å². The fraction of sp³-hybridized carbons (Fsp3) is 0.444. The highest BCUT2D eigenvalue weighted by Gasteiger charge is 2.36. The summed E-state index contributed by atoms with van der Waals surface area (Å²) in [7, 11) is 0. The highest BCUT2D eigenvalue weighted by molar-refractivity contribution is 5.86. The summed E-state index contributed by atoms with van der Waals surface area (Å²) in [5.74, 6) is -0.276. The summed E-state index contributed by atoms with van der Waals surface area (Å²) in [6.07, 6.45) is 0.304. The molecule has 3 amide bonds. The number of benzene rings is 2.